The minimum atomic E-state index is -2.95. The summed E-state index contributed by atoms with van der Waals surface area (Å²) in [5.74, 6) is 0.298. The lowest BCUT2D eigenvalue weighted by Crippen LogP contribution is -1.99. The van der Waals surface area contributed by atoms with Gasteiger partial charge in [-0.05, 0) is 18.2 Å². The number of hydrogen-bond acceptors (Lipinski definition) is 4. The van der Waals surface area contributed by atoms with Gasteiger partial charge in [0.2, 0.25) is 0 Å². The van der Waals surface area contributed by atoms with Gasteiger partial charge < -0.3 is 19.9 Å². The van der Waals surface area contributed by atoms with Gasteiger partial charge in [0, 0.05) is 35.2 Å². The van der Waals surface area contributed by atoms with Crippen molar-refractivity contribution in [3.8, 4) is 17.2 Å². The zero-order valence-electron chi connectivity index (χ0n) is 14.2. The van der Waals surface area contributed by atoms with Crippen LogP contribution in [-0.2, 0) is 23.1 Å². The Kier molecular flexibility index (Phi) is 5.34. The van der Waals surface area contributed by atoms with Crippen LogP contribution in [0, 0.1) is 0 Å². The fourth-order valence-corrected chi connectivity index (χ4v) is 6.03. The van der Waals surface area contributed by atoms with Gasteiger partial charge in [0.25, 0.3) is 0 Å². The van der Waals surface area contributed by atoms with Gasteiger partial charge in [0.1, 0.15) is 24.4 Å². The Hall–Kier alpha value is -2.71. The molecule has 0 aliphatic heterocycles. The molecule has 5 heteroatoms. The number of para-hydroxylation sites is 3. The van der Waals surface area contributed by atoms with Crippen LogP contribution >= 0.6 is 7.14 Å². The average molecular weight is 368 g/mol. The normalized spacial score (nSPS) is 11.4. The molecule has 0 heterocycles. The van der Waals surface area contributed by atoms with Crippen molar-refractivity contribution in [2.45, 2.75) is 18.5 Å². The maximum absolute atomic E-state index is 13.8. The van der Waals surface area contributed by atoms with E-state index in [1.165, 1.54) is 0 Å². The van der Waals surface area contributed by atoms with Gasteiger partial charge in [0.05, 0.1) is 0 Å². The summed E-state index contributed by atoms with van der Waals surface area (Å²) in [6, 6.07) is 20.5. The monoisotopic (exact) mass is 368 g/mol. The van der Waals surface area contributed by atoms with Gasteiger partial charge in [-0.25, -0.2) is 0 Å². The first-order valence-electron chi connectivity index (χ1n) is 8.34. The summed E-state index contributed by atoms with van der Waals surface area (Å²) in [5, 5.41) is 30.3. The van der Waals surface area contributed by atoms with Crippen LogP contribution in [0.4, 0.5) is 0 Å². The summed E-state index contributed by atoms with van der Waals surface area (Å²) in [6.45, 7) is 0. The van der Waals surface area contributed by atoms with Crippen molar-refractivity contribution in [1.82, 2.24) is 0 Å². The molecule has 0 saturated heterocycles. The number of aromatic hydroxyl groups is 3. The molecule has 0 unspecified atom stereocenters. The molecular weight excluding hydrogens is 347 g/mol. The Morgan fingerprint density at radius 3 is 1.08 bits per heavy atom. The van der Waals surface area contributed by atoms with Crippen molar-refractivity contribution in [2.24, 2.45) is 0 Å². The lowest BCUT2D eigenvalue weighted by Gasteiger charge is -2.20. The highest BCUT2D eigenvalue weighted by atomic mass is 31.2. The Balaban J connectivity index is 1.97. The highest BCUT2D eigenvalue weighted by Gasteiger charge is 2.27. The van der Waals surface area contributed by atoms with Crippen LogP contribution in [0.1, 0.15) is 16.7 Å². The zero-order valence-corrected chi connectivity index (χ0v) is 15.1. The zero-order chi connectivity index (χ0) is 18.6. The molecular formula is C21H21O4P. The molecule has 3 N–H and O–H groups in total. The van der Waals surface area contributed by atoms with Crippen molar-refractivity contribution < 1.29 is 19.9 Å². The highest BCUT2D eigenvalue weighted by molar-refractivity contribution is 7.61. The lowest BCUT2D eigenvalue weighted by molar-refractivity contribution is 0.467. The largest absolute Gasteiger partial charge is 0.508 e. The SMILES string of the molecule is O=P(Cc1ccccc1O)(Cc1ccccc1O)Cc1ccccc1O. The molecule has 0 bridgehead atoms. The van der Waals surface area contributed by atoms with Crippen LogP contribution < -0.4 is 0 Å². The summed E-state index contributed by atoms with van der Waals surface area (Å²) in [6.07, 6.45) is 0.549. The molecule has 0 atom stereocenters. The summed E-state index contributed by atoms with van der Waals surface area (Å²) < 4.78 is 13.8. The van der Waals surface area contributed by atoms with E-state index < -0.39 is 7.14 Å². The third kappa shape index (κ3) is 4.27. The molecule has 3 rings (SSSR count). The summed E-state index contributed by atoms with van der Waals surface area (Å²) in [7, 11) is -2.95. The van der Waals surface area contributed by atoms with E-state index in [1.54, 1.807) is 72.8 Å². The molecule has 3 aromatic carbocycles. The van der Waals surface area contributed by atoms with E-state index in [1.807, 2.05) is 0 Å². The molecule has 0 aliphatic rings. The highest BCUT2D eigenvalue weighted by Crippen LogP contribution is 2.57. The predicted octanol–water partition coefficient (Wildman–Crippen LogP) is 5.07. The number of rotatable bonds is 6. The molecule has 0 aromatic heterocycles. The van der Waals surface area contributed by atoms with Gasteiger partial charge in [-0.2, -0.15) is 0 Å². The second-order valence-electron chi connectivity index (χ2n) is 6.42. The molecule has 0 aliphatic carbocycles. The molecule has 0 saturated carbocycles. The summed E-state index contributed by atoms with van der Waals surface area (Å²) in [4.78, 5) is 0. The number of phenols is 3. The van der Waals surface area contributed by atoms with E-state index in [9.17, 15) is 19.9 Å². The van der Waals surface area contributed by atoms with Gasteiger partial charge in [-0.1, -0.05) is 54.6 Å². The van der Waals surface area contributed by atoms with Crippen LogP contribution in [0.15, 0.2) is 72.8 Å². The standard InChI is InChI=1S/C21H21O4P/c22-19-10-4-1-7-16(19)13-26(25,14-17-8-2-5-11-20(17)23)15-18-9-3-6-12-21(18)24/h1-12,22-24H,13-15H2. The van der Waals surface area contributed by atoms with Crippen molar-refractivity contribution in [2.75, 3.05) is 0 Å². The Labute approximate surface area is 152 Å². The minimum Gasteiger partial charge on any atom is -0.508 e. The maximum atomic E-state index is 13.8. The maximum Gasteiger partial charge on any atom is 0.119 e. The average Bonchev–Trinajstić information content (AvgIpc) is 2.61. The van der Waals surface area contributed by atoms with Crippen LogP contribution in [0.3, 0.4) is 0 Å². The summed E-state index contributed by atoms with van der Waals surface area (Å²) in [5.41, 5.74) is 1.80. The van der Waals surface area contributed by atoms with Crippen LogP contribution in [0.5, 0.6) is 17.2 Å². The van der Waals surface area contributed by atoms with E-state index in [-0.39, 0.29) is 35.7 Å². The van der Waals surface area contributed by atoms with E-state index in [2.05, 4.69) is 0 Å². The fraction of sp³-hybridized carbons (Fsp3) is 0.143. The first-order chi connectivity index (χ1) is 12.5. The molecule has 0 amide bonds. The molecule has 0 radical (unpaired) electrons. The molecule has 0 fully saturated rings. The van der Waals surface area contributed by atoms with Crippen molar-refractivity contribution in [3.05, 3.63) is 89.5 Å². The quantitative estimate of drug-likeness (QED) is 0.531. The minimum absolute atomic E-state index is 0.0993. The third-order valence-corrected chi connectivity index (χ3v) is 7.10. The van der Waals surface area contributed by atoms with Gasteiger partial charge in [-0.15, -0.1) is 0 Å². The predicted molar refractivity (Wildman–Crippen MR) is 103 cm³/mol. The smallest absolute Gasteiger partial charge is 0.119 e. The Morgan fingerprint density at radius 1 is 0.538 bits per heavy atom. The summed E-state index contributed by atoms with van der Waals surface area (Å²) >= 11 is 0. The van der Waals surface area contributed by atoms with E-state index >= 15 is 0 Å². The molecule has 134 valence electrons. The lowest BCUT2D eigenvalue weighted by atomic mass is 10.2. The van der Waals surface area contributed by atoms with Crippen LogP contribution in [-0.4, -0.2) is 15.3 Å². The van der Waals surface area contributed by atoms with E-state index in [0.717, 1.165) is 0 Å². The molecule has 3 aromatic rings. The Bertz CT molecular complexity index is 830. The van der Waals surface area contributed by atoms with E-state index in [0.29, 0.717) is 16.7 Å². The first-order valence-corrected chi connectivity index (χ1v) is 10.6. The van der Waals surface area contributed by atoms with Crippen molar-refractivity contribution in [1.29, 1.82) is 0 Å². The van der Waals surface area contributed by atoms with Crippen molar-refractivity contribution >= 4 is 7.14 Å². The van der Waals surface area contributed by atoms with Gasteiger partial charge >= 0.3 is 0 Å². The van der Waals surface area contributed by atoms with Crippen molar-refractivity contribution in [3.63, 3.8) is 0 Å². The first kappa shape index (κ1) is 18.1. The van der Waals surface area contributed by atoms with Crippen LogP contribution in [0.25, 0.3) is 0 Å². The van der Waals surface area contributed by atoms with Gasteiger partial charge in [-0.3, -0.25) is 0 Å². The molecule has 4 nitrogen and oxygen atoms in total. The second kappa shape index (κ2) is 7.67. The van der Waals surface area contributed by atoms with Gasteiger partial charge in [0.15, 0.2) is 0 Å². The van der Waals surface area contributed by atoms with E-state index in [4.69, 9.17) is 0 Å². The Morgan fingerprint density at radius 2 is 0.808 bits per heavy atom. The third-order valence-electron chi connectivity index (χ3n) is 4.35. The second-order valence-corrected chi connectivity index (χ2v) is 9.48. The fourth-order valence-electron chi connectivity index (χ4n) is 3.03. The molecule has 26 heavy (non-hydrogen) atoms. The number of hydrogen-bond donors (Lipinski definition) is 3. The number of phenolic OH excluding ortho intramolecular Hbond substituents is 3. The molecule has 0 spiro atoms. The topological polar surface area (TPSA) is 77.8 Å². The number of benzene rings is 3. The van der Waals surface area contributed by atoms with Crippen LogP contribution in [0.2, 0.25) is 0 Å².